The maximum atomic E-state index is 5.90. The fourth-order valence-electron chi connectivity index (χ4n) is 2.72. The van der Waals surface area contributed by atoms with E-state index in [1.807, 2.05) is 0 Å². The van der Waals surface area contributed by atoms with Gasteiger partial charge in [0.2, 0.25) is 0 Å². The molecule has 0 aromatic rings. The minimum atomic E-state index is 0.489. The van der Waals surface area contributed by atoms with E-state index >= 15 is 0 Å². The molecule has 15 heavy (non-hydrogen) atoms. The molecule has 0 aliphatic carbocycles. The van der Waals surface area contributed by atoms with E-state index < -0.39 is 0 Å². The molecular weight excluding hydrogens is 184 g/mol. The number of likely N-dealkylation sites (tertiary alicyclic amines) is 1. The van der Waals surface area contributed by atoms with Crippen molar-refractivity contribution in [1.29, 1.82) is 0 Å². The van der Waals surface area contributed by atoms with Gasteiger partial charge in [-0.05, 0) is 37.1 Å². The summed E-state index contributed by atoms with van der Waals surface area (Å²) in [4.78, 5) is 2.61. The van der Waals surface area contributed by atoms with Gasteiger partial charge in [0.1, 0.15) is 0 Å². The average Bonchev–Trinajstić information content (AvgIpc) is 2.12. The molecule has 1 aliphatic rings. The third kappa shape index (κ3) is 4.12. The van der Waals surface area contributed by atoms with Gasteiger partial charge in [0.05, 0.1) is 0 Å². The lowest BCUT2D eigenvalue weighted by Gasteiger charge is -2.42. The standard InChI is InChI=1S/C13H28N2/c1-11(2)8-12(9-14)15-7-5-6-13(3,4)10-15/h11-12H,5-10,14H2,1-4H3. The molecule has 0 saturated carbocycles. The zero-order valence-corrected chi connectivity index (χ0v) is 10.9. The molecule has 90 valence electrons. The summed E-state index contributed by atoms with van der Waals surface area (Å²) in [7, 11) is 0. The van der Waals surface area contributed by atoms with Crippen LogP contribution in [0, 0.1) is 11.3 Å². The Morgan fingerprint density at radius 2 is 2.00 bits per heavy atom. The molecule has 1 unspecified atom stereocenters. The minimum Gasteiger partial charge on any atom is -0.329 e. The van der Waals surface area contributed by atoms with Crippen molar-refractivity contribution in [2.75, 3.05) is 19.6 Å². The first kappa shape index (κ1) is 13.0. The predicted octanol–water partition coefficient (Wildman–Crippen LogP) is 2.48. The number of nitrogens with zero attached hydrogens (tertiary/aromatic N) is 1. The highest BCUT2D eigenvalue weighted by molar-refractivity contribution is 4.84. The summed E-state index contributed by atoms with van der Waals surface area (Å²) in [6.45, 7) is 12.6. The monoisotopic (exact) mass is 212 g/mol. The topological polar surface area (TPSA) is 29.3 Å². The van der Waals surface area contributed by atoms with Crippen LogP contribution in [0.3, 0.4) is 0 Å². The summed E-state index contributed by atoms with van der Waals surface area (Å²) in [6.07, 6.45) is 3.94. The fourth-order valence-corrected chi connectivity index (χ4v) is 2.72. The first-order valence-corrected chi connectivity index (χ1v) is 6.39. The highest BCUT2D eigenvalue weighted by atomic mass is 15.2. The van der Waals surface area contributed by atoms with E-state index in [0.717, 1.165) is 12.5 Å². The lowest BCUT2D eigenvalue weighted by molar-refractivity contribution is 0.0721. The molecule has 0 bridgehead atoms. The molecule has 1 atom stereocenters. The van der Waals surface area contributed by atoms with Gasteiger partial charge in [-0.15, -0.1) is 0 Å². The lowest BCUT2D eigenvalue weighted by Crippen LogP contribution is -2.49. The van der Waals surface area contributed by atoms with Crippen molar-refractivity contribution < 1.29 is 0 Å². The molecule has 0 radical (unpaired) electrons. The van der Waals surface area contributed by atoms with E-state index in [9.17, 15) is 0 Å². The first-order valence-electron chi connectivity index (χ1n) is 6.39. The van der Waals surface area contributed by atoms with Crippen LogP contribution in [0.4, 0.5) is 0 Å². The minimum absolute atomic E-state index is 0.489. The Labute approximate surface area is 95.2 Å². The third-order valence-electron chi connectivity index (χ3n) is 3.46. The van der Waals surface area contributed by atoms with Crippen LogP contribution in [0.15, 0.2) is 0 Å². The summed E-state index contributed by atoms with van der Waals surface area (Å²) in [5, 5.41) is 0. The van der Waals surface area contributed by atoms with Crippen LogP contribution in [0.1, 0.15) is 47.0 Å². The van der Waals surface area contributed by atoms with Gasteiger partial charge >= 0.3 is 0 Å². The number of hydrogen-bond acceptors (Lipinski definition) is 2. The molecule has 0 amide bonds. The second-order valence-corrected chi connectivity index (χ2v) is 6.26. The van der Waals surface area contributed by atoms with E-state index in [0.29, 0.717) is 11.5 Å². The van der Waals surface area contributed by atoms with E-state index in [1.165, 1.54) is 32.4 Å². The van der Waals surface area contributed by atoms with Crippen LogP contribution in [-0.2, 0) is 0 Å². The van der Waals surface area contributed by atoms with Crippen molar-refractivity contribution in [3.05, 3.63) is 0 Å². The Bertz CT molecular complexity index is 187. The molecular formula is C13H28N2. The largest absolute Gasteiger partial charge is 0.329 e. The van der Waals surface area contributed by atoms with Crippen LogP contribution in [-0.4, -0.2) is 30.6 Å². The third-order valence-corrected chi connectivity index (χ3v) is 3.46. The highest BCUT2D eigenvalue weighted by Crippen LogP contribution is 2.30. The smallest absolute Gasteiger partial charge is 0.0221 e. The molecule has 2 heteroatoms. The van der Waals surface area contributed by atoms with Gasteiger partial charge < -0.3 is 5.73 Å². The van der Waals surface area contributed by atoms with E-state index in [4.69, 9.17) is 5.73 Å². The van der Waals surface area contributed by atoms with Crippen LogP contribution >= 0.6 is 0 Å². The van der Waals surface area contributed by atoms with Crippen LogP contribution in [0.2, 0.25) is 0 Å². The van der Waals surface area contributed by atoms with Crippen LogP contribution in [0.5, 0.6) is 0 Å². The summed E-state index contributed by atoms with van der Waals surface area (Å²) in [5.74, 6) is 0.753. The van der Waals surface area contributed by atoms with Crippen molar-refractivity contribution in [3.63, 3.8) is 0 Å². The SMILES string of the molecule is CC(C)CC(CN)N1CCCC(C)(C)C1. The maximum Gasteiger partial charge on any atom is 0.0221 e. The maximum absolute atomic E-state index is 5.90. The Morgan fingerprint density at radius 1 is 1.33 bits per heavy atom. The van der Waals surface area contributed by atoms with Crippen molar-refractivity contribution in [2.24, 2.45) is 17.1 Å². The molecule has 0 aromatic carbocycles. The molecule has 1 heterocycles. The molecule has 2 nitrogen and oxygen atoms in total. The zero-order chi connectivity index (χ0) is 11.5. The molecule has 0 spiro atoms. The molecule has 0 aromatic heterocycles. The lowest BCUT2D eigenvalue weighted by atomic mass is 9.83. The summed E-state index contributed by atoms with van der Waals surface area (Å²) < 4.78 is 0. The van der Waals surface area contributed by atoms with Crippen LogP contribution < -0.4 is 5.73 Å². The average molecular weight is 212 g/mol. The normalized spacial score (nSPS) is 24.4. The number of nitrogens with two attached hydrogens (primary N) is 1. The Balaban J connectivity index is 2.52. The first-order chi connectivity index (χ1) is 6.94. The Morgan fingerprint density at radius 3 is 2.47 bits per heavy atom. The number of rotatable bonds is 4. The van der Waals surface area contributed by atoms with Gasteiger partial charge in [-0.25, -0.2) is 0 Å². The van der Waals surface area contributed by atoms with Crippen molar-refractivity contribution >= 4 is 0 Å². The van der Waals surface area contributed by atoms with Gasteiger partial charge in [0, 0.05) is 19.1 Å². The van der Waals surface area contributed by atoms with Crippen molar-refractivity contribution in [1.82, 2.24) is 4.90 Å². The van der Waals surface area contributed by atoms with E-state index in [1.54, 1.807) is 0 Å². The molecule has 2 N–H and O–H groups in total. The highest BCUT2D eigenvalue weighted by Gasteiger charge is 2.29. The van der Waals surface area contributed by atoms with Gasteiger partial charge in [-0.2, -0.15) is 0 Å². The van der Waals surface area contributed by atoms with Gasteiger partial charge in [0.15, 0.2) is 0 Å². The Hall–Kier alpha value is -0.0800. The Kier molecular flexibility index (Phi) is 4.60. The van der Waals surface area contributed by atoms with E-state index in [2.05, 4.69) is 32.6 Å². The zero-order valence-electron chi connectivity index (χ0n) is 10.9. The van der Waals surface area contributed by atoms with Crippen molar-refractivity contribution in [2.45, 2.75) is 53.0 Å². The summed E-state index contributed by atoms with van der Waals surface area (Å²) >= 11 is 0. The number of piperidine rings is 1. The predicted molar refractivity (Wildman–Crippen MR) is 66.9 cm³/mol. The van der Waals surface area contributed by atoms with Gasteiger partial charge in [-0.3, -0.25) is 4.90 Å². The number of hydrogen-bond donors (Lipinski definition) is 1. The molecule has 1 aliphatic heterocycles. The quantitative estimate of drug-likeness (QED) is 0.776. The summed E-state index contributed by atoms with van der Waals surface area (Å²) in [6, 6.07) is 0.601. The molecule has 1 saturated heterocycles. The molecule has 1 rings (SSSR count). The summed E-state index contributed by atoms with van der Waals surface area (Å²) in [5.41, 5.74) is 6.39. The van der Waals surface area contributed by atoms with Gasteiger partial charge in [-0.1, -0.05) is 27.7 Å². The molecule has 1 fully saturated rings. The van der Waals surface area contributed by atoms with Crippen molar-refractivity contribution in [3.8, 4) is 0 Å². The second kappa shape index (κ2) is 5.31. The fraction of sp³-hybridized carbons (Fsp3) is 1.00. The van der Waals surface area contributed by atoms with Crippen LogP contribution in [0.25, 0.3) is 0 Å². The van der Waals surface area contributed by atoms with Gasteiger partial charge in [0.25, 0.3) is 0 Å². The van der Waals surface area contributed by atoms with E-state index in [-0.39, 0.29) is 0 Å². The second-order valence-electron chi connectivity index (χ2n) is 6.26.